The van der Waals surface area contributed by atoms with Gasteiger partial charge in [0.25, 0.3) is 0 Å². The standard InChI is InChI=1S/C12H15Cl2N5O/c1-20-5-3-2-4-19-12(16-17-18-19)9-6-8(15)7-10(13)11(9)14/h6-7H,2-5,15H2,1H3. The first kappa shape index (κ1) is 15.0. The van der Waals surface area contributed by atoms with Gasteiger partial charge in [-0.1, -0.05) is 23.2 Å². The largest absolute Gasteiger partial charge is 0.399 e. The average Bonchev–Trinajstić information content (AvgIpc) is 2.87. The molecule has 108 valence electrons. The van der Waals surface area contributed by atoms with E-state index in [9.17, 15) is 0 Å². The van der Waals surface area contributed by atoms with Crippen LogP contribution in [0.4, 0.5) is 5.69 Å². The van der Waals surface area contributed by atoms with Gasteiger partial charge in [0.2, 0.25) is 0 Å². The molecule has 1 heterocycles. The zero-order chi connectivity index (χ0) is 14.5. The van der Waals surface area contributed by atoms with Gasteiger partial charge in [-0.3, -0.25) is 0 Å². The number of aromatic nitrogens is 4. The molecule has 0 fully saturated rings. The number of tetrazole rings is 1. The lowest BCUT2D eigenvalue weighted by atomic mass is 10.2. The van der Waals surface area contributed by atoms with Crippen LogP contribution in [0.1, 0.15) is 12.8 Å². The van der Waals surface area contributed by atoms with Crippen molar-refractivity contribution in [2.75, 3.05) is 19.5 Å². The van der Waals surface area contributed by atoms with Crippen molar-refractivity contribution in [3.8, 4) is 11.4 Å². The maximum absolute atomic E-state index is 6.20. The van der Waals surface area contributed by atoms with Gasteiger partial charge in [0.1, 0.15) is 0 Å². The van der Waals surface area contributed by atoms with Gasteiger partial charge in [0.05, 0.1) is 10.0 Å². The number of hydrogen-bond acceptors (Lipinski definition) is 5. The summed E-state index contributed by atoms with van der Waals surface area (Å²) in [5.41, 5.74) is 6.94. The molecule has 20 heavy (non-hydrogen) atoms. The molecular formula is C12H15Cl2N5O. The summed E-state index contributed by atoms with van der Waals surface area (Å²) in [6.45, 7) is 1.39. The van der Waals surface area contributed by atoms with Crippen LogP contribution in [0.5, 0.6) is 0 Å². The van der Waals surface area contributed by atoms with Crippen molar-refractivity contribution in [2.24, 2.45) is 0 Å². The van der Waals surface area contributed by atoms with Crippen molar-refractivity contribution >= 4 is 28.9 Å². The zero-order valence-corrected chi connectivity index (χ0v) is 12.5. The number of unbranched alkanes of at least 4 members (excludes halogenated alkanes) is 1. The molecule has 0 saturated carbocycles. The molecule has 0 aliphatic heterocycles. The smallest absolute Gasteiger partial charge is 0.183 e. The van der Waals surface area contributed by atoms with E-state index in [1.54, 1.807) is 23.9 Å². The second-order valence-corrected chi connectivity index (χ2v) is 5.07. The molecule has 0 radical (unpaired) electrons. The molecule has 0 aliphatic rings. The zero-order valence-electron chi connectivity index (χ0n) is 11.0. The highest BCUT2D eigenvalue weighted by Crippen LogP contribution is 2.34. The average molecular weight is 316 g/mol. The quantitative estimate of drug-likeness (QED) is 0.655. The van der Waals surface area contributed by atoms with Crippen LogP contribution in [-0.2, 0) is 11.3 Å². The van der Waals surface area contributed by atoms with Gasteiger partial charge in [-0.15, -0.1) is 5.10 Å². The Bertz CT molecular complexity index is 587. The highest BCUT2D eigenvalue weighted by molar-refractivity contribution is 6.43. The fraction of sp³-hybridized carbons (Fsp3) is 0.417. The third kappa shape index (κ3) is 3.39. The summed E-state index contributed by atoms with van der Waals surface area (Å²) in [7, 11) is 1.68. The number of rotatable bonds is 6. The van der Waals surface area contributed by atoms with E-state index in [0.29, 0.717) is 40.3 Å². The van der Waals surface area contributed by atoms with Crippen molar-refractivity contribution in [1.29, 1.82) is 0 Å². The van der Waals surface area contributed by atoms with E-state index in [2.05, 4.69) is 15.5 Å². The summed E-state index contributed by atoms with van der Waals surface area (Å²) >= 11 is 12.2. The van der Waals surface area contributed by atoms with E-state index in [1.807, 2.05) is 0 Å². The van der Waals surface area contributed by atoms with Crippen molar-refractivity contribution in [1.82, 2.24) is 20.2 Å². The molecule has 0 unspecified atom stereocenters. The summed E-state index contributed by atoms with van der Waals surface area (Å²) in [6, 6.07) is 3.31. The number of methoxy groups -OCH3 is 1. The maximum atomic E-state index is 6.20. The number of nitrogens with zero attached hydrogens (tertiary/aromatic N) is 4. The van der Waals surface area contributed by atoms with Gasteiger partial charge in [-0.25, -0.2) is 4.68 Å². The van der Waals surface area contributed by atoms with E-state index < -0.39 is 0 Å². The molecule has 0 amide bonds. The van der Waals surface area contributed by atoms with Gasteiger partial charge in [-0.05, 0) is 35.4 Å². The minimum Gasteiger partial charge on any atom is -0.399 e. The van der Waals surface area contributed by atoms with Gasteiger partial charge in [-0.2, -0.15) is 0 Å². The van der Waals surface area contributed by atoms with Gasteiger partial charge in [0.15, 0.2) is 5.82 Å². The third-order valence-electron chi connectivity index (χ3n) is 2.79. The van der Waals surface area contributed by atoms with Crippen LogP contribution in [0.25, 0.3) is 11.4 Å². The van der Waals surface area contributed by atoms with Crippen molar-refractivity contribution in [2.45, 2.75) is 19.4 Å². The molecule has 8 heteroatoms. The molecule has 0 spiro atoms. The van der Waals surface area contributed by atoms with Crippen LogP contribution < -0.4 is 5.73 Å². The van der Waals surface area contributed by atoms with Crippen LogP contribution >= 0.6 is 23.2 Å². The molecule has 0 bridgehead atoms. The summed E-state index contributed by atoms with van der Waals surface area (Å²) in [5.74, 6) is 0.557. The number of halogens is 2. The first-order valence-corrected chi connectivity index (χ1v) is 6.89. The SMILES string of the molecule is COCCCCn1nnnc1-c1cc(N)cc(Cl)c1Cl. The highest BCUT2D eigenvalue weighted by atomic mass is 35.5. The Morgan fingerprint density at radius 1 is 1.30 bits per heavy atom. The lowest BCUT2D eigenvalue weighted by Gasteiger charge is -2.08. The van der Waals surface area contributed by atoms with E-state index in [4.69, 9.17) is 33.7 Å². The number of ether oxygens (including phenoxy) is 1. The number of anilines is 1. The van der Waals surface area contributed by atoms with Crippen LogP contribution in [0.3, 0.4) is 0 Å². The Morgan fingerprint density at radius 3 is 2.85 bits per heavy atom. The fourth-order valence-corrected chi connectivity index (χ4v) is 2.25. The maximum Gasteiger partial charge on any atom is 0.183 e. The van der Waals surface area contributed by atoms with E-state index in [0.717, 1.165) is 12.8 Å². The number of benzene rings is 1. The summed E-state index contributed by atoms with van der Waals surface area (Å²) in [5, 5.41) is 12.4. The Balaban J connectivity index is 2.23. The molecule has 0 atom stereocenters. The van der Waals surface area contributed by atoms with Crippen LogP contribution in [0, 0.1) is 0 Å². The minimum absolute atomic E-state index is 0.385. The Hall–Kier alpha value is -1.37. The molecule has 0 saturated heterocycles. The predicted molar refractivity (Wildman–Crippen MR) is 78.8 cm³/mol. The summed E-state index contributed by atoms with van der Waals surface area (Å²) in [4.78, 5) is 0. The first-order valence-electron chi connectivity index (χ1n) is 6.13. The number of hydrogen-bond donors (Lipinski definition) is 1. The van der Waals surface area contributed by atoms with Crippen molar-refractivity contribution < 1.29 is 4.74 Å². The monoisotopic (exact) mass is 315 g/mol. The Kier molecular flexibility index (Phi) is 5.17. The molecule has 1 aromatic carbocycles. The number of aryl methyl sites for hydroxylation is 1. The van der Waals surface area contributed by atoms with Crippen LogP contribution in [-0.4, -0.2) is 33.9 Å². The Labute approximate surface area is 126 Å². The van der Waals surface area contributed by atoms with Gasteiger partial charge in [0, 0.05) is 31.5 Å². The molecule has 2 N–H and O–H groups in total. The topological polar surface area (TPSA) is 78.8 Å². The number of nitrogen functional groups attached to an aromatic ring is 1. The fourth-order valence-electron chi connectivity index (χ4n) is 1.83. The van der Waals surface area contributed by atoms with E-state index >= 15 is 0 Å². The molecule has 0 aliphatic carbocycles. The molecular weight excluding hydrogens is 301 g/mol. The number of nitrogens with two attached hydrogens (primary N) is 1. The van der Waals surface area contributed by atoms with Gasteiger partial charge >= 0.3 is 0 Å². The molecule has 6 nitrogen and oxygen atoms in total. The highest BCUT2D eigenvalue weighted by Gasteiger charge is 2.15. The lowest BCUT2D eigenvalue weighted by molar-refractivity contribution is 0.191. The van der Waals surface area contributed by atoms with Crippen molar-refractivity contribution in [3.05, 3.63) is 22.2 Å². The van der Waals surface area contributed by atoms with Gasteiger partial charge < -0.3 is 10.5 Å². The second-order valence-electron chi connectivity index (χ2n) is 4.29. The summed E-state index contributed by atoms with van der Waals surface area (Å²) in [6.07, 6.45) is 1.83. The van der Waals surface area contributed by atoms with Crippen LogP contribution in [0.15, 0.2) is 12.1 Å². The van der Waals surface area contributed by atoms with Crippen LogP contribution in [0.2, 0.25) is 10.0 Å². The van der Waals surface area contributed by atoms with Crippen molar-refractivity contribution in [3.63, 3.8) is 0 Å². The predicted octanol–water partition coefficient (Wildman–Crippen LogP) is 2.66. The third-order valence-corrected chi connectivity index (χ3v) is 3.59. The minimum atomic E-state index is 0.385. The molecule has 1 aromatic heterocycles. The first-order chi connectivity index (χ1) is 9.63. The Morgan fingerprint density at radius 2 is 2.10 bits per heavy atom. The lowest BCUT2D eigenvalue weighted by Crippen LogP contribution is -2.05. The van der Waals surface area contributed by atoms with E-state index in [-0.39, 0.29) is 0 Å². The molecule has 2 rings (SSSR count). The summed E-state index contributed by atoms with van der Waals surface area (Å²) < 4.78 is 6.70. The molecule has 2 aromatic rings. The second kappa shape index (κ2) is 6.88. The van der Waals surface area contributed by atoms with E-state index in [1.165, 1.54) is 0 Å². The normalized spacial score (nSPS) is 10.9.